The van der Waals surface area contributed by atoms with Crippen molar-refractivity contribution in [2.45, 2.75) is 4.90 Å². The average molecular weight is 157 g/mol. The smallest absolute Gasteiger partial charge is 0.251 e. The van der Waals surface area contributed by atoms with E-state index in [1.54, 1.807) is 19.0 Å². The van der Waals surface area contributed by atoms with Gasteiger partial charge in [-0.25, -0.2) is 0 Å². The molecule has 0 aliphatic rings. The monoisotopic (exact) mass is 157 g/mol. The lowest BCUT2D eigenvalue weighted by Crippen LogP contribution is -2.38. The molecule has 0 saturated heterocycles. The first-order valence-corrected chi connectivity index (χ1v) is 3.20. The van der Waals surface area contributed by atoms with E-state index < -0.39 is 10.9 Å². The van der Waals surface area contributed by atoms with Gasteiger partial charge in [0.05, 0.1) is 4.90 Å². The highest BCUT2D eigenvalue weighted by Crippen LogP contribution is 2.13. The van der Waals surface area contributed by atoms with E-state index in [1.807, 2.05) is 0 Å². The Morgan fingerprint density at radius 2 is 1.70 bits per heavy atom. The van der Waals surface area contributed by atoms with Crippen LogP contribution in [0, 0.1) is 0 Å². The largest absolute Gasteiger partial charge is 0.373 e. The number of anilines is 1. The minimum Gasteiger partial charge on any atom is -0.373 e. The third-order valence-electron chi connectivity index (χ3n) is 1.31. The second kappa shape index (κ2) is 2.12. The maximum Gasteiger partial charge on any atom is 0.251 e. The lowest BCUT2D eigenvalue weighted by molar-refractivity contribution is 1.04. The van der Waals surface area contributed by atoms with Crippen molar-refractivity contribution in [1.82, 2.24) is 0 Å². The number of thiol groups is 1. The Kier molecular flexibility index (Phi) is 1.56. The Morgan fingerprint density at radius 1 is 1.20 bits per heavy atom. The number of hydrogen-bond donors (Lipinski definition) is 1. The molecule has 0 aliphatic carbocycles. The molecule has 0 aliphatic heterocycles. The van der Waals surface area contributed by atoms with Gasteiger partial charge in [0.25, 0.3) is 5.43 Å². The summed E-state index contributed by atoms with van der Waals surface area (Å²) in [6.07, 6.45) is 0. The normalized spacial score (nSPS) is 10.3. The zero-order chi connectivity index (χ0) is 7.89. The summed E-state index contributed by atoms with van der Waals surface area (Å²) in [5.41, 5.74) is -0.504. The minimum atomic E-state index is -0.480. The first-order valence-electron chi connectivity index (χ1n) is 2.75. The first kappa shape index (κ1) is 7.34. The van der Waals surface area contributed by atoms with Gasteiger partial charge in [-0.05, 0) is 0 Å². The van der Waals surface area contributed by atoms with Crippen molar-refractivity contribution in [2.24, 2.45) is 0 Å². The topological polar surface area (TPSA) is 37.4 Å². The molecule has 54 valence electrons. The van der Waals surface area contributed by atoms with Gasteiger partial charge >= 0.3 is 0 Å². The highest BCUT2D eigenvalue weighted by molar-refractivity contribution is 7.80. The molecular weight excluding hydrogens is 150 g/mol. The highest BCUT2D eigenvalue weighted by Gasteiger charge is 2.18. The second-order valence-corrected chi connectivity index (χ2v) is 2.70. The maximum atomic E-state index is 10.7. The summed E-state index contributed by atoms with van der Waals surface area (Å²) in [6.45, 7) is 0. The van der Waals surface area contributed by atoms with Crippen LogP contribution in [0.1, 0.15) is 0 Å². The first-order chi connectivity index (χ1) is 4.55. The van der Waals surface area contributed by atoms with Crippen LogP contribution in [0.2, 0.25) is 0 Å². The Balaban J connectivity index is 3.23. The van der Waals surface area contributed by atoms with E-state index >= 15 is 0 Å². The second-order valence-electron chi connectivity index (χ2n) is 2.25. The van der Waals surface area contributed by atoms with Crippen molar-refractivity contribution >= 4 is 18.3 Å². The van der Waals surface area contributed by atoms with Crippen molar-refractivity contribution < 1.29 is 0 Å². The molecule has 0 radical (unpaired) electrons. The van der Waals surface area contributed by atoms with Crippen LogP contribution in [0.5, 0.6) is 0 Å². The molecule has 1 aromatic rings. The van der Waals surface area contributed by atoms with E-state index in [2.05, 4.69) is 12.6 Å². The van der Waals surface area contributed by atoms with Crippen LogP contribution in [0.4, 0.5) is 5.69 Å². The van der Waals surface area contributed by atoms with E-state index in [9.17, 15) is 9.59 Å². The van der Waals surface area contributed by atoms with Crippen molar-refractivity contribution in [1.29, 1.82) is 0 Å². The molecule has 0 saturated carbocycles. The summed E-state index contributed by atoms with van der Waals surface area (Å²) in [4.78, 5) is 23.1. The van der Waals surface area contributed by atoms with E-state index in [-0.39, 0.29) is 4.90 Å². The summed E-state index contributed by atoms with van der Waals surface area (Å²) < 4.78 is 0. The van der Waals surface area contributed by atoms with E-state index in [0.29, 0.717) is 5.69 Å². The maximum absolute atomic E-state index is 10.7. The van der Waals surface area contributed by atoms with Crippen LogP contribution in [0.15, 0.2) is 14.5 Å². The van der Waals surface area contributed by atoms with Gasteiger partial charge in [0.2, 0.25) is 5.43 Å². The molecule has 10 heavy (non-hydrogen) atoms. The molecule has 0 unspecified atom stereocenters. The average Bonchev–Trinajstić information content (AvgIpc) is 1.87. The molecule has 0 spiro atoms. The number of rotatable bonds is 1. The van der Waals surface area contributed by atoms with Crippen LogP contribution in [0.3, 0.4) is 0 Å². The third kappa shape index (κ3) is 0.759. The Bertz CT molecular complexity index is 322. The fraction of sp³-hybridized carbons (Fsp3) is 0.333. The highest BCUT2D eigenvalue weighted by atomic mass is 32.1. The Morgan fingerprint density at radius 3 is 1.90 bits per heavy atom. The van der Waals surface area contributed by atoms with Gasteiger partial charge in [0.1, 0.15) is 5.69 Å². The summed E-state index contributed by atoms with van der Waals surface area (Å²) in [5, 5.41) is 0. The SMILES string of the molecule is CN(C)c1c(S)c(=O)c1=O. The minimum absolute atomic E-state index is 0.273. The van der Waals surface area contributed by atoms with Crippen molar-refractivity contribution in [3.63, 3.8) is 0 Å². The quantitative estimate of drug-likeness (QED) is 0.446. The zero-order valence-electron chi connectivity index (χ0n) is 5.71. The van der Waals surface area contributed by atoms with Crippen LogP contribution in [-0.4, -0.2) is 14.1 Å². The predicted molar refractivity (Wildman–Crippen MR) is 42.9 cm³/mol. The van der Waals surface area contributed by atoms with E-state index in [1.165, 1.54) is 0 Å². The third-order valence-corrected chi connectivity index (χ3v) is 1.72. The standard InChI is InChI=1S/C6H7NO2S/c1-7(2)3-4(8)5(9)6(3)10/h10H,1-2H3. The van der Waals surface area contributed by atoms with Gasteiger partial charge in [0, 0.05) is 14.1 Å². The molecule has 0 heterocycles. The summed E-state index contributed by atoms with van der Waals surface area (Å²) in [5.74, 6) is 0. The molecule has 0 aromatic heterocycles. The van der Waals surface area contributed by atoms with Crippen molar-refractivity contribution in [3.8, 4) is 0 Å². The summed E-state index contributed by atoms with van der Waals surface area (Å²) in [7, 11) is 3.41. The molecule has 0 amide bonds. The summed E-state index contributed by atoms with van der Waals surface area (Å²) in [6, 6.07) is 0. The molecule has 0 N–H and O–H groups in total. The fourth-order valence-corrected chi connectivity index (χ4v) is 1.19. The number of hydrogen-bond acceptors (Lipinski definition) is 4. The van der Waals surface area contributed by atoms with Gasteiger partial charge < -0.3 is 4.90 Å². The molecular formula is C6H7NO2S. The van der Waals surface area contributed by atoms with E-state index in [0.717, 1.165) is 0 Å². The molecule has 0 atom stereocenters. The lowest BCUT2D eigenvalue weighted by Gasteiger charge is -2.14. The lowest BCUT2D eigenvalue weighted by atomic mass is 10.2. The van der Waals surface area contributed by atoms with Gasteiger partial charge in [-0.1, -0.05) is 0 Å². The molecule has 3 nitrogen and oxygen atoms in total. The van der Waals surface area contributed by atoms with E-state index in [4.69, 9.17) is 0 Å². The Labute approximate surface area is 63.4 Å². The van der Waals surface area contributed by atoms with Gasteiger partial charge in [-0.2, -0.15) is 0 Å². The Hall–Kier alpha value is -0.770. The molecule has 4 heteroatoms. The van der Waals surface area contributed by atoms with Crippen molar-refractivity contribution in [2.75, 3.05) is 19.0 Å². The molecule has 1 rings (SSSR count). The molecule has 0 bridgehead atoms. The van der Waals surface area contributed by atoms with Gasteiger partial charge in [-0.3, -0.25) is 9.59 Å². The van der Waals surface area contributed by atoms with Crippen LogP contribution < -0.4 is 15.8 Å². The van der Waals surface area contributed by atoms with Crippen molar-refractivity contribution in [3.05, 3.63) is 20.4 Å². The number of nitrogens with zero attached hydrogens (tertiary/aromatic N) is 1. The van der Waals surface area contributed by atoms with Crippen LogP contribution >= 0.6 is 12.6 Å². The zero-order valence-corrected chi connectivity index (χ0v) is 6.61. The van der Waals surface area contributed by atoms with Crippen LogP contribution in [0.25, 0.3) is 0 Å². The fourth-order valence-electron chi connectivity index (χ4n) is 0.783. The molecule has 1 aromatic carbocycles. The van der Waals surface area contributed by atoms with Crippen LogP contribution in [-0.2, 0) is 0 Å². The van der Waals surface area contributed by atoms with Gasteiger partial charge in [0.15, 0.2) is 0 Å². The predicted octanol–water partition coefficient (Wildman–Crippen LogP) is -0.363. The summed E-state index contributed by atoms with van der Waals surface area (Å²) >= 11 is 3.84. The molecule has 0 fully saturated rings. The van der Waals surface area contributed by atoms with Gasteiger partial charge in [-0.15, -0.1) is 12.6 Å².